The molecule has 2 atom stereocenters. The molecule has 0 aliphatic rings. The third-order valence-corrected chi connectivity index (χ3v) is 3.96. The molecule has 6 nitrogen and oxygen atoms in total. The SMILES string of the molecule is CC[C@H](NC[C@@H](O)COc1cccc([N+](=O)[O-])c1)c1ccc(C)cc1. The van der Waals surface area contributed by atoms with Crippen LogP contribution < -0.4 is 10.1 Å². The lowest BCUT2D eigenvalue weighted by molar-refractivity contribution is -0.384. The molecule has 6 heteroatoms. The van der Waals surface area contributed by atoms with Crippen LogP contribution in [0.3, 0.4) is 0 Å². The Morgan fingerprint density at radius 1 is 1.24 bits per heavy atom. The van der Waals surface area contributed by atoms with E-state index in [0.717, 1.165) is 6.42 Å². The van der Waals surface area contributed by atoms with E-state index in [9.17, 15) is 15.2 Å². The van der Waals surface area contributed by atoms with Crippen molar-refractivity contribution in [3.63, 3.8) is 0 Å². The fourth-order valence-corrected chi connectivity index (χ4v) is 2.51. The summed E-state index contributed by atoms with van der Waals surface area (Å²) in [6.07, 6.45) is 0.195. The minimum Gasteiger partial charge on any atom is -0.491 e. The minimum absolute atomic E-state index is 0.0319. The first kappa shape index (κ1) is 18.9. The average molecular weight is 344 g/mol. The van der Waals surface area contributed by atoms with Gasteiger partial charge in [0.05, 0.1) is 11.0 Å². The first-order valence-electron chi connectivity index (χ1n) is 8.35. The predicted molar refractivity (Wildman–Crippen MR) is 96.8 cm³/mol. The summed E-state index contributed by atoms with van der Waals surface area (Å²) in [4.78, 5) is 10.3. The third kappa shape index (κ3) is 5.85. The van der Waals surface area contributed by atoms with Gasteiger partial charge in [0.15, 0.2) is 0 Å². The fourth-order valence-electron chi connectivity index (χ4n) is 2.51. The fraction of sp³-hybridized carbons (Fsp3) is 0.368. The quantitative estimate of drug-likeness (QED) is 0.538. The van der Waals surface area contributed by atoms with Crippen LogP contribution in [0.15, 0.2) is 48.5 Å². The molecule has 0 spiro atoms. The summed E-state index contributed by atoms with van der Waals surface area (Å²) in [6.45, 7) is 4.58. The molecule has 0 bridgehead atoms. The van der Waals surface area contributed by atoms with E-state index >= 15 is 0 Å². The van der Waals surface area contributed by atoms with Crippen LogP contribution in [0.4, 0.5) is 5.69 Å². The molecule has 0 aliphatic heterocycles. The molecule has 0 aromatic heterocycles. The molecular formula is C19H24N2O4. The molecule has 0 aliphatic carbocycles. The zero-order valence-corrected chi connectivity index (χ0v) is 14.5. The number of non-ortho nitro benzene ring substituents is 1. The van der Waals surface area contributed by atoms with Gasteiger partial charge in [-0.1, -0.05) is 42.8 Å². The van der Waals surface area contributed by atoms with Crippen molar-refractivity contribution in [3.05, 3.63) is 69.8 Å². The van der Waals surface area contributed by atoms with Crippen LogP contribution in [0.5, 0.6) is 5.75 Å². The number of hydrogen-bond donors (Lipinski definition) is 2. The van der Waals surface area contributed by atoms with Gasteiger partial charge in [-0.05, 0) is 25.0 Å². The number of benzene rings is 2. The van der Waals surface area contributed by atoms with E-state index in [0.29, 0.717) is 12.3 Å². The third-order valence-electron chi connectivity index (χ3n) is 3.96. The highest BCUT2D eigenvalue weighted by Gasteiger charge is 2.13. The van der Waals surface area contributed by atoms with Crippen molar-refractivity contribution in [2.75, 3.05) is 13.2 Å². The van der Waals surface area contributed by atoms with E-state index < -0.39 is 11.0 Å². The second-order valence-electron chi connectivity index (χ2n) is 6.00. The number of nitro groups is 1. The van der Waals surface area contributed by atoms with Crippen LogP contribution in [0.1, 0.15) is 30.5 Å². The van der Waals surface area contributed by atoms with E-state index in [4.69, 9.17) is 4.74 Å². The lowest BCUT2D eigenvalue weighted by Gasteiger charge is -2.20. The largest absolute Gasteiger partial charge is 0.491 e. The number of ether oxygens (including phenoxy) is 1. The number of nitrogens with one attached hydrogen (secondary N) is 1. The van der Waals surface area contributed by atoms with Gasteiger partial charge < -0.3 is 15.2 Å². The molecule has 134 valence electrons. The first-order chi connectivity index (χ1) is 12.0. The number of nitro benzene ring substituents is 1. The molecule has 0 amide bonds. The van der Waals surface area contributed by atoms with Crippen LogP contribution >= 0.6 is 0 Å². The topological polar surface area (TPSA) is 84.6 Å². The molecule has 2 aromatic rings. The number of aliphatic hydroxyl groups excluding tert-OH is 1. The summed E-state index contributed by atoms with van der Waals surface area (Å²) in [5.41, 5.74) is 2.36. The van der Waals surface area contributed by atoms with Crippen LogP contribution in [0.25, 0.3) is 0 Å². The maximum Gasteiger partial charge on any atom is 0.273 e. The number of hydrogen-bond acceptors (Lipinski definition) is 5. The Kier molecular flexibility index (Phi) is 6.91. The molecule has 0 saturated carbocycles. The average Bonchev–Trinajstić information content (AvgIpc) is 2.62. The molecule has 2 aromatic carbocycles. The van der Waals surface area contributed by atoms with Crippen molar-refractivity contribution in [1.29, 1.82) is 0 Å². The van der Waals surface area contributed by atoms with Gasteiger partial charge >= 0.3 is 0 Å². The number of nitrogens with zero attached hydrogens (tertiary/aromatic N) is 1. The maximum absolute atomic E-state index is 10.7. The van der Waals surface area contributed by atoms with Crippen LogP contribution in [-0.2, 0) is 0 Å². The maximum atomic E-state index is 10.7. The van der Waals surface area contributed by atoms with Gasteiger partial charge in [0, 0.05) is 18.7 Å². The molecule has 0 unspecified atom stereocenters. The van der Waals surface area contributed by atoms with Gasteiger partial charge in [-0.25, -0.2) is 0 Å². The van der Waals surface area contributed by atoms with Crippen molar-refractivity contribution in [1.82, 2.24) is 5.32 Å². The van der Waals surface area contributed by atoms with Gasteiger partial charge in [0.2, 0.25) is 0 Å². The number of rotatable bonds is 9. The lowest BCUT2D eigenvalue weighted by Crippen LogP contribution is -2.33. The number of aryl methyl sites for hydroxylation is 1. The lowest BCUT2D eigenvalue weighted by atomic mass is 10.0. The van der Waals surface area contributed by atoms with Crippen LogP contribution in [0, 0.1) is 17.0 Å². The predicted octanol–water partition coefficient (Wildman–Crippen LogP) is 3.38. The van der Waals surface area contributed by atoms with Gasteiger partial charge in [-0.2, -0.15) is 0 Å². The summed E-state index contributed by atoms with van der Waals surface area (Å²) in [6, 6.07) is 14.4. The van der Waals surface area contributed by atoms with Crippen LogP contribution in [0.2, 0.25) is 0 Å². The Hall–Kier alpha value is -2.44. The smallest absolute Gasteiger partial charge is 0.273 e. The van der Waals surface area contributed by atoms with Gasteiger partial charge in [0.1, 0.15) is 18.5 Å². The summed E-state index contributed by atoms with van der Waals surface area (Å²) in [5.74, 6) is 0.374. The highest BCUT2D eigenvalue weighted by atomic mass is 16.6. The van der Waals surface area contributed by atoms with Crippen molar-refractivity contribution < 1.29 is 14.8 Å². The minimum atomic E-state index is -0.709. The normalized spacial score (nSPS) is 13.2. The summed E-state index contributed by atoms with van der Waals surface area (Å²) in [7, 11) is 0. The monoisotopic (exact) mass is 344 g/mol. The number of aliphatic hydroxyl groups is 1. The zero-order valence-electron chi connectivity index (χ0n) is 14.5. The second kappa shape index (κ2) is 9.15. The molecule has 25 heavy (non-hydrogen) atoms. The first-order valence-corrected chi connectivity index (χ1v) is 8.35. The van der Waals surface area contributed by atoms with E-state index in [1.807, 2.05) is 6.92 Å². The Bertz CT molecular complexity index is 688. The zero-order chi connectivity index (χ0) is 18.2. The molecule has 0 saturated heterocycles. The standard InChI is InChI=1S/C19H24N2O4/c1-3-19(15-9-7-14(2)8-10-15)20-12-17(22)13-25-18-6-4-5-16(11-18)21(23)24/h4-11,17,19-20,22H,3,12-13H2,1-2H3/t17-,19+/m1/s1. The highest BCUT2D eigenvalue weighted by molar-refractivity contribution is 5.37. The van der Waals surface area contributed by atoms with Crippen molar-refractivity contribution in [2.45, 2.75) is 32.4 Å². The summed E-state index contributed by atoms with van der Waals surface area (Å²) < 4.78 is 5.45. The Morgan fingerprint density at radius 3 is 2.60 bits per heavy atom. The van der Waals surface area contributed by atoms with Crippen molar-refractivity contribution in [2.24, 2.45) is 0 Å². The van der Waals surface area contributed by atoms with E-state index in [1.54, 1.807) is 12.1 Å². The molecule has 2 N–H and O–H groups in total. The van der Waals surface area contributed by atoms with E-state index in [-0.39, 0.29) is 18.3 Å². The molecule has 0 radical (unpaired) electrons. The summed E-state index contributed by atoms with van der Waals surface area (Å²) in [5, 5.41) is 24.2. The summed E-state index contributed by atoms with van der Waals surface area (Å²) >= 11 is 0. The van der Waals surface area contributed by atoms with Crippen molar-refractivity contribution >= 4 is 5.69 Å². The molecule has 0 fully saturated rings. The highest BCUT2D eigenvalue weighted by Crippen LogP contribution is 2.19. The Labute approximate surface area is 147 Å². The molecular weight excluding hydrogens is 320 g/mol. The second-order valence-corrected chi connectivity index (χ2v) is 6.00. The Morgan fingerprint density at radius 2 is 1.96 bits per heavy atom. The Balaban J connectivity index is 1.83. The van der Waals surface area contributed by atoms with E-state index in [1.165, 1.54) is 23.3 Å². The van der Waals surface area contributed by atoms with Gasteiger partial charge in [-0.3, -0.25) is 10.1 Å². The van der Waals surface area contributed by atoms with Gasteiger partial charge in [-0.15, -0.1) is 0 Å². The molecule has 2 rings (SSSR count). The van der Waals surface area contributed by atoms with Gasteiger partial charge in [0.25, 0.3) is 5.69 Å². The van der Waals surface area contributed by atoms with E-state index in [2.05, 4.69) is 36.5 Å². The van der Waals surface area contributed by atoms with Crippen molar-refractivity contribution in [3.8, 4) is 5.75 Å². The van der Waals surface area contributed by atoms with Crippen LogP contribution in [-0.4, -0.2) is 29.3 Å². The molecule has 0 heterocycles.